The minimum atomic E-state index is 0.476. The Hall–Kier alpha value is -2.08. The Morgan fingerprint density at radius 1 is 0.963 bits per heavy atom. The van der Waals surface area contributed by atoms with Gasteiger partial charge in [-0.1, -0.05) is 43.4 Å². The summed E-state index contributed by atoms with van der Waals surface area (Å²) in [5, 5.41) is 12.7. The Balaban J connectivity index is 1.37. The Morgan fingerprint density at radius 3 is 2.44 bits per heavy atom. The molecule has 4 rings (SSSR count). The fraction of sp³-hybridized carbons (Fsp3) is 0.550. The minimum Gasteiger partial charge on any atom is -0.368 e. The third-order valence-corrected chi connectivity index (χ3v) is 5.75. The summed E-state index contributed by atoms with van der Waals surface area (Å²) in [4.78, 5) is 9.38. The summed E-state index contributed by atoms with van der Waals surface area (Å²) in [6.07, 6.45) is 9.43. The van der Waals surface area contributed by atoms with Crippen LogP contribution in [0.2, 0.25) is 5.02 Å². The predicted molar refractivity (Wildman–Crippen MR) is 111 cm³/mol. The zero-order chi connectivity index (χ0) is 18.5. The lowest BCUT2D eigenvalue weighted by atomic mass is 10.1. The highest BCUT2D eigenvalue weighted by atomic mass is 35.5. The number of piperazine rings is 1. The number of nitrogens with zero attached hydrogens (tertiary/aromatic N) is 5. The molecule has 0 unspecified atom stereocenters. The molecule has 0 atom stereocenters. The van der Waals surface area contributed by atoms with Gasteiger partial charge in [0.05, 0.1) is 6.20 Å². The topological polar surface area (TPSA) is 57.2 Å². The molecule has 2 aliphatic rings. The second-order valence-corrected chi connectivity index (χ2v) is 7.86. The maximum absolute atomic E-state index is 6.13. The number of hydrogen-bond acceptors (Lipinski definition) is 6. The van der Waals surface area contributed by atoms with Crippen LogP contribution in [-0.4, -0.2) is 47.4 Å². The summed E-state index contributed by atoms with van der Waals surface area (Å²) in [5.74, 6) is 1.57. The van der Waals surface area contributed by atoms with E-state index >= 15 is 0 Å². The monoisotopic (exact) mass is 386 g/mol. The molecule has 0 spiro atoms. The van der Waals surface area contributed by atoms with E-state index in [1.807, 2.05) is 18.2 Å². The molecular formula is C20H27ClN6. The molecule has 1 saturated carbocycles. The zero-order valence-corrected chi connectivity index (χ0v) is 16.4. The van der Waals surface area contributed by atoms with Crippen molar-refractivity contribution in [3.8, 4) is 0 Å². The lowest BCUT2D eigenvalue weighted by molar-refractivity contribution is 0.610. The molecule has 27 heavy (non-hydrogen) atoms. The van der Waals surface area contributed by atoms with E-state index < -0.39 is 0 Å². The van der Waals surface area contributed by atoms with Crippen LogP contribution in [-0.2, 0) is 0 Å². The van der Waals surface area contributed by atoms with Gasteiger partial charge in [0.15, 0.2) is 5.82 Å². The summed E-state index contributed by atoms with van der Waals surface area (Å²) < 4.78 is 0. The first-order chi connectivity index (χ1) is 13.3. The summed E-state index contributed by atoms with van der Waals surface area (Å²) >= 11 is 6.13. The zero-order valence-electron chi connectivity index (χ0n) is 15.6. The highest BCUT2D eigenvalue weighted by Gasteiger charge is 2.20. The number of aromatic nitrogens is 3. The Labute approximate surface area is 165 Å². The molecule has 144 valence electrons. The van der Waals surface area contributed by atoms with Gasteiger partial charge in [0, 0.05) is 42.9 Å². The smallest absolute Gasteiger partial charge is 0.244 e. The molecule has 1 aromatic heterocycles. The molecule has 6 nitrogen and oxygen atoms in total. The summed E-state index contributed by atoms with van der Waals surface area (Å²) in [5.41, 5.74) is 1.18. The summed E-state index contributed by atoms with van der Waals surface area (Å²) in [6.45, 7) is 3.70. The molecule has 1 aliphatic heterocycles. The fourth-order valence-electron chi connectivity index (χ4n) is 3.98. The van der Waals surface area contributed by atoms with Gasteiger partial charge in [-0.3, -0.25) is 0 Å². The van der Waals surface area contributed by atoms with Crippen LogP contribution in [0.25, 0.3) is 0 Å². The van der Waals surface area contributed by atoms with Crippen LogP contribution in [0.1, 0.15) is 38.5 Å². The number of rotatable bonds is 4. The SMILES string of the molecule is Clc1cccc(N2CCN(c3cnnc(NC4CCCCCC4)n3)CC2)c1. The third-order valence-electron chi connectivity index (χ3n) is 5.51. The maximum Gasteiger partial charge on any atom is 0.244 e. The van der Waals surface area contributed by atoms with Crippen molar-refractivity contribution < 1.29 is 0 Å². The standard InChI is InChI=1S/C20H27ClN6/c21-16-6-5-9-18(14-16)26-10-12-27(13-11-26)19-15-22-25-20(24-19)23-17-7-3-1-2-4-8-17/h5-6,9,14-15,17H,1-4,7-8,10-13H2,(H,23,24,25). The van der Waals surface area contributed by atoms with Crippen molar-refractivity contribution >= 4 is 29.1 Å². The van der Waals surface area contributed by atoms with Crippen molar-refractivity contribution in [3.05, 3.63) is 35.5 Å². The van der Waals surface area contributed by atoms with Crippen molar-refractivity contribution in [2.24, 2.45) is 0 Å². The van der Waals surface area contributed by atoms with Crippen LogP contribution < -0.4 is 15.1 Å². The van der Waals surface area contributed by atoms with Gasteiger partial charge in [0.25, 0.3) is 0 Å². The Morgan fingerprint density at radius 2 is 1.70 bits per heavy atom. The number of anilines is 3. The Kier molecular flexibility index (Phi) is 5.92. The largest absolute Gasteiger partial charge is 0.368 e. The molecule has 1 aromatic carbocycles. The Bertz CT molecular complexity index is 739. The molecule has 7 heteroatoms. The van der Waals surface area contributed by atoms with Gasteiger partial charge in [0.1, 0.15) is 0 Å². The van der Waals surface area contributed by atoms with Gasteiger partial charge in [-0.2, -0.15) is 10.1 Å². The molecule has 0 radical (unpaired) electrons. The molecule has 1 saturated heterocycles. The van der Waals surface area contributed by atoms with Crippen LogP contribution in [0.5, 0.6) is 0 Å². The van der Waals surface area contributed by atoms with Crippen LogP contribution >= 0.6 is 11.6 Å². The summed E-state index contributed by atoms with van der Waals surface area (Å²) in [6, 6.07) is 8.53. The van der Waals surface area contributed by atoms with E-state index in [0.717, 1.165) is 37.0 Å². The second kappa shape index (κ2) is 8.74. The number of halogens is 1. The molecule has 2 fully saturated rings. The van der Waals surface area contributed by atoms with E-state index in [1.54, 1.807) is 6.20 Å². The average Bonchev–Trinajstić information content (AvgIpc) is 2.97. The first-order valence-electron chi connectivity index (χ1n) is 10.00. The van der Waals surface area contributed by atoms with E-state index in [1.165, 1.54) is 44.2 Å². The van der Waals surface area contributed by atoms with Crippen LogP contribution in [0.15, 0.2) is 30.5 Å². The van der Waals surface area contributed by atoms with Crippen molar-refractivity contribution in [1.29, 1.82) is 0 Å². The number of benzene rings is 1. The van der Waals surface area contributed by atoms with Crippen molar-refractivity contribution in [3.63, 3.8) is 0 Å². The van der Waals surface area contributed by atoms with Crippen LogP contribution in [0.3, 0.4) is 0 Å². The van der Waals surface area contributed by atoms with Gasteiger partial charge in [-0.05, 0) is 31.0 Å². The molecule has 2 aromatic rings. The van der Waals surface area contributed by atoms with E-state index in [2.05, 4.69) is 31.4 Å². The minimum absolute atomic E-state index is 0.476. The highest BCUT2D eigenvalue weighted by Crippen LogP contribution is 2.23. The normalized spacial score (nSPS) is 19.0. The molecule has 1 aliphatic carbocycles. The quantitative estimate of drug-likeness (QED) is 0.802. The lowest BCUT2D eigenvalue weighted by Gasteiger charge is -2.36. The first-order valence-corrected chi connectivity index (χ1v) is 10.4. The molecule has 0 bridgehead atoms. The van der Waals surface area contributed by atoms with E-state index in [-0.39, 0.29) is 0 Å². The molecule has 1 N–H and O–H groups in total. The van der Waals surface area contributed by atoms with E-state index in [4.69, 9.17) is 16.6 Å². The van der Waals surface area contributed by atoms with Crippen molar-refractivity contribution in [2.75, 3.05) is 41.3 Å². The fourth-order valence-corrected chi connectivity index (χ4v) is 4.17. The first kappa shape index (κ1) is 18.3. The molecular weight excluding hydrogens is 360 g/mol. The summed E-state index contributed by atoms with van der Waals surface area (Å²) in [7, 11) is 0. The highest BCUT2D eigenvalue weighted by molar-refractivity contribution is 6.30. The van der Waals surface area contributed by atoms with Gasteiger partial charge in [0.2, 0.25) is 5.95 Å². The van der Waals surface area contributed by atoms with Gasteiger partial charge in [-0.25, -0.2) is 0 Å². The average molecular weight is 387 g/mol. The third kappa shape index (κ3) is 4.80. The van der Waals surface area contributed by atoms with Gasteiger partial charge < -0.3 is 15.1 Å². The maximum atomic E-state index is 6.13. The van der Waals surface area contributed by atoms with Crippen LogP contribution in [0, 0.1) is 0 Å². The van der Waals surface area contributed by atoms with E-state index in [0.29, 0.717) is 12.0 Å². The lowest BCUT2D eigenvalue weighted by Crippen LogP contribution is -2.47. The molecule has 0 amide bonds. The van der Waals surface area contributed by atoms with Crippen LogP contribution in [0.4, 0.5) is 17.5 Å². The number of hydrogen-bond donors (Lipinski definition) is 1. The van der Waals surface area contributed by atoms with Crippen molar-refractivity contribution in [1.82, 2.24) is 15.2 Å². The second-order valence-electron chi connectivity index (χ2n) is 7.42. The predicted octanol–water partition coefficient (Wildman–Crippen LogP) is 3.99. The molecule has 2 heterocycles. The number of nitrogens with one attached hydrogen (secondary N) is 1. The van der Waals surface area contributed by atoms with Gasteiger partial charge in [-0.15, -0.1) is 5.10 Å². The van der Waals surface area contributed by atoms with Gasteiger partial charge >= 0.3 is 0 Å². The van der Waals surface area contributed by atoms with E-state index in [9.17, 15) is 0 Å². The van der Waals surface area contributed by atoms with Crippen molar-refractivity contribution in [2.45, 2.75) is 44.6 Å².